The van der Waals surface area contributed by atoms with Crippen LogP contribution >= 0.6 is 11.6 Å². The van der Waals surface area contributed by atoms with Gasteiger partial charge in [-0.15, -0.1) is 0 Å². The van der Waals surface area contributed by atoms with Crippen LogP contribution in [0.1, 0.15) is 18.9 Å². The quantitative estimate of drug-likeness (QED) is 0.767. The van der Waals surface area contributed by atoms with Crippen molar-refractivity contribution < 1.29 is 5.11 Å². The van der Waals surface area contributed by atoms with Crippen LogP contribution in [0.3, 0.4) is 0 Å². The number of aromatic hydroxyl groups is 1. The summed E-state index contributed by atoms with van der Waals surface area (Å²) in [5, 5.41) is 13.5. The summed E-state index contributed by atoms with van der Waals surface area (Å²) in [6, 6.07) is 5.46. The summed E-state index contributed by atoms with van der Waals surface area (Å²) >= 11 is 5.88. The van der Waals surface area contributed by atoms with Gasteiger partial charge in [-0.25, -0.2) is 0 Å². The summed E-state index contributed by atoms with van der Waals surface area (Å²) in [5.41, 5.74) is 1.96. The van der Waals surface area contributed by atoms with Crippen molar-refractivity contribution in [2.75, 3.05) is 6.54 Å². The molecule has 80 valence electrons. The third kappa shape index (κ3) is 1.95. The lowest BCUT2D eigenvalue weighted by Crippen LogP contribution is -2.19. The summed E-state index contributed by atoms with van der Waals surface area (Å²) in [6.07, 6.45) is 3.05. The molecule has 1 heterocycles. The fourth-order valence-corrected chi connectivity index (χ4v) is 2.05. The smallest absolute Gasteiger partial charge is 0.141 e. The minimum absolute atomic E-state index is 0.181. The zero-order chi connectivity index (χ0) is 10.8. The molecule has 0 saturated carbocycles. The van der Waals surface area contributed by atoms with Crippen LogP contribution in [-0.4, -0.2) is 11.7 Å². The average molecular weight is 224 g/mol. The van der Waals surface area contributed by atoms with E-state index in [4.69, 9.17) is 11.6 Å². The van der Waals surface area contributed by atoms with Crippen molar-refractivity contribution in [2.45, 2.75) is 13.3 Å². The van der Waals surface area contributed by atoms with Gasteiger partial charge in [0.2, 0.25) is 0 Å². The van der Waals surface area contributed by atoms with Gasteiger partial charge in [0.15, 0.2) is 0 Å². The van der Waals surface area contributed by atoms with Crippen molar-refractivity contribution in [1.82, 2.24) is 5.32 Å². The third-order valence-corrected chi connectivity index (χ3v) is 3.11. The third-order valence-electron chi connectivity index (χ3n) is 2.81. The maximum atomic E-state index is 9.87. The van der Waals surface area contributed by atoms with Crippen LogP contribution in [0.2, 0.25) is 5.02 Å². The van der Waals surface area contributed by atoms with Crippen molar-refractivity contribution in [2.24, 2.45) is 5.92 Å². The van der Waals surface area contributed by atoms with Crippen LogP contribution in [-0.2, 0) is 0 Å². The molecule has 1 unspecified atom stereocenters. The highest BCUT2D eigenvalue weighted by molar-refractivity contribution is 6.32. The molecule has 0 bridgehead atoms. The van der Waals surface area contributed by atoms with Crippen LogP contribution in [0.4, 0.5) is 0 Å². The highest BCUT2D eigenvalue weighted by Gasteiger charge is 2.18. The molecule has 0 amide bonds. The summed E-state index contributed by atoms with van der Waals surface area (Å²) in [7, 11) is 0. The normalized spacial score (nSPS) is 20.7. The minimum atomic E-state index is 0.181. The molecule has 1 aromatic carbocycles. The zero-order valence-electron chi connectivity index (χ0n) is 8.63. The summed E-state index contributed by atoms with van der Waals surface area (Å²) in [5.74, 6) is 0.636. The fourth-order valence-electron chi connectivity index (χ4n) is 1.87. The van der Waals surface area contributed by atoms with Gasteiger partial charge in [-0.2, -0.15) is 0 Å². The lowest BCUT2D eigenvalue weighted by molar-refractivity contribution is 0.471. The van der Waals surface area contributed by atoms with E-state index < -0.39 is 0 Å². The number of halogens is 1. The van der Waals surface area contributed by atoms with Crippen LogP contribution in [0.5, 0.6) is 5.75 Å². The Bertz CT molecular complexity index is 401. The van der Waals surface area contributed by atoms with E-state index in [-0.39, 0.29) is 5.75 Å². The standard InChI is InChI=1S/C12H14ClNO/c1-8-5-6-14-7-10(8)9-3-2-4-11(13)12(9)15/h2-4,7-8,14-15H,5-6H2,1H3. The van der Waals surface area contributed by atoms with Gasteiger partial charge in [0.05, 0.1) is 5.02 Å². The molecule has 1 aliphatic heterocycles. The van der Waals surface area contributed by atoms with Crippen LogP contribution < -0.4 is 5.32 Å². The monoisotopic (exact) mass is 223 g/mol. The van der Waals surface area contributed by atoms with Crippen molar-refractivity contribution in [3.63, 3.8) is 0 Å². The first-order valence-corrected chi connectivity index (χ1v) is 5.49. The highest BCUT2D eigenvalue weighted by Crippen LogP contribution is 2.36. The molecular formula is C12H14ClNO. The second-order valence-corrected chi connectivity index (χ2v) is 4.29. The van der Waals surface area contributed by atoms with E-state index in [1.807, 2.05) is 18.3 Å². The first kappa shape index (κ1) is 10.4. The Morgan fingerprint density at radius 2 is 2.27 bits per heavy atom. The van der Waals surface area contributed by atoms with E-state index in [1.165, 1.54) is 0 Å². The molecule has 1 atom stereocenters. The van der Waals surface area contributed by atoms with Crippen molar-refractivity contribution in [3.05, 3.63) is 35.0 Å². The Morgan fingerprint density at radius 1 is 1.47 bits per heavy atom. The lowest BCUT2D eigenvalue weighted by atomic mass is 9.90. The predicted octanol–water partition coefficient (Wildman–Crippen LogP) is 3.02. The van der Waals surface area contributed by atoms with Gasteiger partial charge in [0.1, 0.15) is 5.75 Å². The number of phenolic OH excluding ortho intramolecular Hbond substituents is 1. The van der Waals surface area contributed by atoms with Gasteiger partial charge in [-0.1, -0.05) is 30.7 Å². The SMILES string of the molecule is CC1CCNC=C1c1cccc(Cl)c1O. The molecule has 1 aromatic rings. The summed E-state index contributed by atoms with van der Waals surface area (Å²) in [6.45, 7) is 3.15. The van der Waals surface area contributed by atoms with Crippen LogP contribution in [0, 0.1) is 5.92 Å². The molecule has 1 aliphatic rings. The first-order valence-electron chi connectivity index (χ1n) is 5.11. The topological polar surface area (TPSA) is 32.3 Å². The van der Waals surface area contributed by atoms with Gasteiger partial charge < -0.3 is 10.4 Å². The lowest BCUT2D eigenvalue weighted by Gasteiger charge is -2.22. The largest absolute Gasteiger partial charge is 0.506 e. The Kier molecular flexibility index (Phi) is 2.87. The van der Waals surface area contributed by atoms with Gasteiger partial charge in [-0.05, 0) is 24.0 Å². The van der Waals surface area contributed by atoms with Crippen LogP contribution in [0.25, 0.3) is 5.57 Å². The van der Waals surface area contributed by atoms with Crippen molar-refractivity contribution in [1.29, 1.82) is 0 Å². The zero-order valence-corrected chi connectivity index (χ0v) is 9.38. The number of allylic oxidation sites excluding steroid dienone is 1. The number of hydrogen-bond donors (Lipinski definition) is 2. The Morgan fingerprint density at radius 3 is 3.00 bits per heavy atom. The van der Waals surface area contributed by atoms with E-state index in [9.17, 15) is 5.11 Å². The molecule has 15 heavy (non-hydrogen) atoms. The Labute approximate surface area is 94.6 Å². The molecule has 0 fully saturated rings. The molecular weight excluding hydrogens is 210 g/mol. The maximum Gasteiger partial charge on any atom is 0.141 e. The molecule has 0 aliphatic carbocycles. The van der Waals surface area contributed by atoms with Crippen molar-refractivity contribution >= 4 is 17.2 Å². The molecule has 0 spiro atoms. The molecule has 0 aromatic heterocycles. The molecule has 2 rings (SSSR count). The van der Waals surface area contributed by atoms with E-state index in [0.29, 0.717) is 10.9 Å². The van der Waals surface area contributed by atoms with Gasteiger partial charge in [-0.3, -0.25) is 0 Å². The van der Waals surface area contributed by atoms with E-state index in [2.05, 4.69) is 12.2 Å². The van der Waals surface area contributed by atoms with Gasteiger partial charge >= 0.3 is 0 Å². The second kappa shape index (κ2) is 4.15. The number of rotatable bonds is 1. The van der Waals surface area contributed by atoms with E-state index >= 15 is 0 Å². The first-order chi connectivity index (χ1) is 7.20. The average Bonchev–Trinajstić information content (AvgIpc) is 2.23. The number of nitrogens with one attached hydrogen (secondary N) is 1. The van der Waals surface area contributed by atoms with E-state index in [1.54, 1.807) is 6.07 Å². The molecule has 0 radical (unpaired) electrons. The van der Waals surface area contributed by atoms with Crippen molar-refractivity contribution in [3.8, 4) is 5.75 Å². The number of para-hydroxylation sites is 1. The Hall–Kier alpha value is -1.15. The predicted molar refractivity (Wildman–Crippen MR) is 62.9 cm³/mol. The number of phenols is 1. The van der Waals surface area contributed by atoms with Gasteiger partial charge in [0, 0.05) is 18.3 Å². The Balaban J connectivity index is 2.44. The van der Waals surface area contributed by atoms with E-state index in [0.717, 1.165) is 24.1 Å². The summed E-state index contributed by atoms with van der Waals surface area (Å²) < 4.78 is 0. The molecule has 2 N–H and O–H groups in total. The molecule has 0 saturated heterocycles. The fraction of sp³-hybridized carbons (Fsp3) is 0.333. The number of hydrogen-bond acceptors (Lipinski definition) is 2. The van der Waals surface area contributed by atoms with Crippen LogP contribution in [0.15, 0.2) is 24.4 Å². The molecule has 2 nitrogen and oxygen atoms in total. The van der Waals surface area contributed by atoms with Gasteiger partial charge in [0.25, 0.3) is 0 Å². The molecule has 3 heteroatoms. The second-order valence-electron chi connectivity index (χ2n) is 3.88. The summed E-state index contributed by atoms with van der Waals surface area (Å²) in [4.78, 5) is 0. The number of benzene rings is 1. The maximum absolute atomic E-state index is 9.87. The highest BCUT2D eigenvalue weighted by atomic mass is 35.5. The minimum Gasteiger partial charge on any atom is -0.506 e.